The van der Waals surface area contributed by atoms with E-state index < -0.39 is 0 Å². The van der Waals surface area contributed by atoms with Crippen LogP contribution in [-0.2, 0) is 26.6 Å². The molecule has 4 aromatic rings. The van der Waals surface area contributed by atoms with Crippen LogP contribution in [0.2, 0.25) is 0 Å². The summed E-state index contributed by atoms with van der Waals surface area (Å²) in [6, 6.07) is 18.2. The van der Waals surface area contributed by atoms with Gasteiger partial charge in [0, 0.05) is 32.4 Å². The molecular formula is C25H27N5O2. The Morgan fingerprint density at radius 2 is 1.72 bits per heavy atom. The second-order valence-corrected chi connectivity index (χ2v) is 8.78. The van der Waals surface area contributed by atoms with Crippen LogP contribution in [0.4, 0.5) is 11.6 Å². The fourth-order valence-corrected chi connectivity index (χ4v) is 4.53. The third-order valence-electron chi connectivity index (χ3n) is 6.25. The van der Waals surface area contributed by atoms with Gasteiger partial charge >= 0.3 is 5.69 Å². The van der Waals surface area contributed by atoms with Crippen LogP contribution in [0.5, 0.6) is 0 Å². The Kier molecular flexibility index (Phi) is 4.96. The van der Waals surface area contributed by atoms with E-state index in [0.29, 0.717) is 36.6 Å². The number of aromatic nitrogens is 4. The third-order valence-corrected chi connectivity index (χ3v) is 6.25. The average Bonchev–Trinajstić information content (AvgIpc) is 3.18. The van der Waals surface area contributed by atoms with Crippen molar-refractivity contribution in [3.05, 3.63) is 86.6 Å². The predicted octanol–water partition coefficient (Wildman–Crippen LogP) is 3.24. The second-order valence-electron chi connectivity index (χ2n) is 8.78. The Bertz CT molecular complexity index is 1400. The van der Waals surface area contributed by atoms with Crippen LogP contribution >= 0.6 is 0 Å². The number of anilines is 2. The molecule has 0 spiro atoms. The molecule has 2 aromatic carbocycles. The fraction of sp³-hybridized carbons (Fsp3) is 0.320. The van der Waals surface area contributed by atoms with E-state index in [4.69, 9.17) is 4.98 Å². The van der Waals surface area contributed by atoms with Crippen LogP contribution in [-0.4, -0.2) is 25.2 Å². The Hall–Kier alpha value is -3.61. The molecule has 1 aliphatic heterocycles. The van der Waals surface area contributed by atoms with Crippen molar-refractivity contribution in [3.8, 4) is 0 Å². The van der Waals surface area contributed by atoms with Crippen molar-refractivity contribution >= 4 is 22.8 Å². The molecule has 7 heteroatoms. The molecule has 5 rings (SSSR count). The van der Waals surface area contributed by atoms with E-state index in [-0.39, 0.29) is 11.2 Å². The van der Waals surface area contributed by atoms with E-state index in [9.17, 15) is 9.59 Å². The number of benzene rings is 2. The highest BCUT2D eigenvalue weighted by Gasteiger charge is 2.29. The van der Waals surface area contributed by atoms with Crippen molar-refractivity contribution in [3.63, 3.8) is 0 Å². The minimum absolute atomic E-state index is 0.268. The van der Waals surface area contributed by atoms with Gasteiger partial charge in [-0.15, -0.1) is 0 Å². The average molecular weight is 430 g/mol. The lowest BCUT2D eigenvalue weighted by Gasteiger charge is -2.33. The number of aryl methyl sites for hydroxylation is 3. The van der Waals surface area contributed by atoms with Crippen LogP contribution in [0.1, 0.15) is 18.1 Å². The first-order chi connectivity index (χ1) is 15.4. The number of hydrogen-bond acceptors (Lipinski definition) is 4. The van der Waals surface area contributed by atoms with Crippen molar-refractivity contribution in [2.75, 3.05) is 11.4 Å². The number of rotatable bonds is 4. The normalized spacial score (nSPS) is 15.8. The summed E-state index contributed by atoms with van der Waals surface area (Å²) in [6.07, 6.45) is 0.619. The molecule has 1 atom stereocenters. The maximum absolute atomic E-state index is 13.5. The molecule has 0 saturated carbocycles. The van der Waals surface area contributed by atoms with Crippen molar-refractivity contribution in [1.82, 2.24) is 18.7 Å². The van der Waals surface area contributed by atoms with E-state index in [0.717, 1.165) is 23.7 Å². The quantitative estimate of drug-likeness (QED) is 0.500. The highest BCUT2D eigenvalue weighted by Crippen LogP contribution is 2.32. The Labute approximate surface area is 186 Å². The number of hydrogen-bond donors (Lipinski definition) is 0. The molecule has 7 nitrogen and oxygen atoms in total. The van der Waals surface area contributed by atoms with Gasteiger partial charge in [-0.2, -0.15) is 4.98 Å². The number of imidazole rings is 1. The second kappa shape index (κ2) is 7.82. The summed E-state index contributed by atoms with van der Waals surface area (Å²) in [5, 5.41) is 0. The first-order valence-corrected chi connectivity index (χ1v) is 11.0. The first-order valence-electron chi connectivity index (χ1n) is 11.0. The van der Waals surface area contributed by atoms with Crippen LogP contribution in [0.15, 0.2) is 64.2 Å². The van der Waals surface area contributed by atoms with Gasteiger partial charge < -0.3 is 9.47 Å². The zero-order valence-corrected chi connectivity index (χ0v) is 18.7. The molecule has 3 heterocycles. The Morgan fingerprint density at radius 1 is 1.00 bits per heavy atom. The molecule has 0 unspecified atom stereocenters. The van der Waals surface area contributed by atoms with Gasteiger partial charge in [-0.25, -0.2) is 4.79 Å². The van der Waals surface area contributed by atoms with Crippen molar-refractivity contribution in [2.45, 2.75) is 33.4 Å². The lowest BCUT2D eigenvalue weighted by atomic mass is 10.1. The summed E-state index contributed by atoms with van der Waals surface area (Å²) in [5.74, 6) is 1.05. The molecule has 0 N–H and O–H groups in total. The van der Waals surface area contributed by atoms with Crippen LogP contribution in [0, 0.1) is 12.8 Å². The van der Waals surface area contributed by atoms with Gasteiger partial charge in [0.2, 0.25) is 5.95 Å². The Balaban J connectivity index is 1.65. The van der Waals surface area contributed by atoms with E-state index in [2.05, 4.69) is 43.0 Å². The summed E-state index contributed by atoms with van der Waals surface area (Å²) >= 11 is 0. The molecule has 0 fully saturated rings. The standard InChI is InChI=1S/C25H27N5O2/c1-17-9-11-20(12-10-17)29-15-18(2)16-30-21-22(26-24(29)30)27(3)25(32)28(23(21)31)14-13-19-7-5-4-6-8-19/h4-12,18H,13-16H2,1-3H3/t18-/m0/s1. The van der Waals surface area contributed by atoms with Crippen LogP contribution < -0.4 is 16.1 Å². The molecule has 0 radical (unpaired) electrons. The van der Waals surface area contributed by atoms with Crippen molar-refractivity contribution in [1.29, 1.82) is 0 Å². The number of fused-ring (bicyclic) bond motifs is 3. The summed E-state index contributed by atoms with van der Waals surface area (Å²) in [4.78, 5) is 33.5. The maximum Gasteiger partial charge on any atom is 0.332 e. The van der Waals surface area contributed by atoms with E-state index in [1.54, 1.807) is 7.05 Å². The first kappa shape index (κ1) is 20.3. The fourth-order valence-electron chi connectivity index (χ4n) is 4.53. The maximum atomic E-state index is 13.5. The zero-order valence-electron chi connectivity index (χ0n) is 18.7. The van der Waals surface area contributed by atoms with E-state index in [1.807, 2.05) is 34.9 Å². The van der Waals surface area contributed by atoms with Gasteiger partial charge in [-0.1, -0.05) is 55.0 Å². The Morgan fingerprint density at radius 3 is 2.44 bits per heavy atom. The van der Waals surface area contributed by atoms with Gasteiger partial charge in [-0.3, -0.25) is 13.9 Å². The highest BCUT2D eigenvalue weighted by atomic mass is 16.2. The summed E-state index contributed by atoms with van der Waals surface area (Å²) in [7, 11) is 1.70. The van der Waals surface area contributed by atoms with E-state index >= 15 is 0 Å². The van der Waals surface area contributed by atoms with Crippen molar-refractivity contribution in [2.24, 2.45) is 13.0 Å². The summed E-state index contributed by atoms with van der Waals surface area (Å²) in [6.45, 7) is 6.07. The zero-order chi connectivity index (χ0) is 22.4. The van der Waals surface area contributed by atoms with Crippen molar-refractivity contribution < 1.29 is 0 Å². The summed E-state index contributed by atoms with van der Waals surface area (Å²) < 4.78 is 4.84. The monoisotopic (exact) mass is 429 g/mol. The minimum Gasteiger partial charge on any atom is -0.312 e. The molecule has 0 aliphatic carbocycles. The molecule has 32 heavy (non-hydrogen) atoms. The van der Waals surface area contributed by atoms with Crippen LogP contribution in [0.25, 0.3) is 11.2 Å². The summed E-state index contributed by atoms with van der Waals surface area (Å²) in [5.41, 5.74) is 3.66. The molecule has 0 amide bonds. The number of nitrogens with zero attached hydrogens (tertiary/aromatic N) is 5. The van der Waals surface area contributed by atoms with E-state index in [1.165, 1.54) is 14.7 Å². The van der Waals surface area contributed by atoms with Gasteiger partial charge in [0.25, 0.3) is 5.56 Å². The van der Waals surface area contributed by atoms with Crippen LogP contribution in [0.3, 0.4) is 0 Å². The lowest BCUT2D eigenvalue weighted by molar-refractivity contribution is 0.457. The third kappa shape index (κ3) is 3.34. The largest absolute Gasteiger partial charge is 0.332 e. The smallest absolute Gasteiger partial charge is 0.312 e. The minimum atomic E-state index is -0.330. The highest BCUT2D eigenvalue weighted by molar-refractivity contribution is 5.77. The van der Waals surface area contributed by atoms with Gasteiger partial charge in [0.1, 0.15) is 0 Å². The topological polar surface area (TPSA) is 65.1 Å². The van der Waals surface area contributed by atoms with Gasteiger partial charge in [-0.05, 0) is 37.0 Å². The molecule has 1 aliphatic rings. The van der Waals surface area contributed by atoms with Gasteiger partial charge in [0.05, 0.1) is 0 Å². The predicted molar refractivity (Wildman–Crippen MR) is 127 cm³/mol. The molecule has 0 saturated heterocycles. The molecule has 164 valence electrons. The van der Waals surface area contributed by atoms with Gasteiger partial charge in [0.15, 0.2) is 11.2 Å². The SMILES string of the molecule is Cc1ccc(N2C[C@H](C)Cn3c2nc2c3c(=O)n(CCc3ccccc3)c(=O)n2C)cc1. The molecular weight excluding hydrogens is 402 g/mol. The lowest BCUT2D eigenvalue weighted by Crippen LogP contribution is -2.40. The molecule has 2 aromatic heterocycles. The molecule has 0 bridgehead atoms.